The number of aromatic nitrogens is 1. The molecule has 6 heteroatoms. The largest absolute Gasteiger partial charge is 0.477 e. The van der Waals surface area contributed by atoms with Crippen molar-refractivity contribution in [3.8, 4) is 0 Å². The van der Waals surface area contributed by atoms with Crippen molar-refractivity contribution in [1.29, 1.82) is 0 Å². The molecule has 1 heterocycles. The second kappa shape index (κ2) is 6.39. The lowest BCUT2D eigenvalue weighted by Gasteiger charge is -2.05. The van der Waals surface area contributed by atoms with Crippen molar-refractivity contribution in [1.82, 2.24) is 10.3 Å². The summed E-state index contributed by atoms with van der Waals surface area (Å²) in [7, 11) is 0. The molecule has 1 rings (SSSR count). The van der Waals surface area contributed by atoms with E-state index in [0.29, 0.717) is 12.2 Å². The zero-order chi connectivity index (χ0) is 12.7. The Morgan fingerprint density at radius 3 is 2.76 bits per heavy atom. The highest BCUT2D eigenvalue weighted by atomic mass is 16.4. The van der Waals surface area contributed by atoms with E-state index >= 15 is 0 Å². The van der Waals surface area contributed by atoms with Crippen LogP contribution in [0.5, 0.6) is 0 Å². The van der Waals surface area contributed by atoms with Gasteiger partial charge in [-0.1, -0.05) is 6.08 Å². The van der Waals surface area contributed by atoms with Crippen LogP contribution < -0.4 is 10.6 Å². The first-order valence-corrected chi connectivity index (χ1v) is 4.94. The minimum absolute atomic E-state index is 0.0622. The molecule has 0 bridgehead atoms. The predicted molar refractivity (Wildman–Crippen MR) is 62.9 cm³/mol. The van der Waals surface area contributed by atoms with E-state index in [4.69, 9.17) is 5.11 Å². The predicted octanol–water partition coefficient (Wildman–Crippen LogP) is 0.494. The van der Waals surface area contributed by atoms with E-state index in [1.807, 2.05) is 0 Å². The van der Waals surface area contributed by atoms with E-state index in [0.717, 1.165) is 0 Å². The van der Waals surface area contributed by atoms with Gasteiger partial charge in [-0.2, -0.15) is 0 Å². The van der Waals surface area contributed by atoms with Crippen molar-refractivity contribution in [2.24, 2.45) is 0 Å². The first-order chi connectivity index (χ1) is 8.13. The highest BCUT2D eigenvalue weighted by Crippen LogP contribution is 2.05. The molecule has 0 radical (unpaired) electrons. The molecular weight excluding hydrogens is 222 g/mol. The number of hydrogen-bond acceptors (Lipinski definition) is 4. The van der Waals surface area contributed by atoms with Gasteiger partial charge >= 0.3 is 5.97 Å². The average molecular weight is 235 g/mol. The van der Waals surface area contributed by atoms with E-state index in [9.17, 15) is 9.59 Å². The lowest BCUT2D eigenvalue weighted by Crippen LogP contribution is -2.28. The number of carboxylic acid groups (broad SMARTS) is 1. The van der Waals surface area contributed by atoms with Crippen molar-refractivity contribution in [3.05, 3.63) is 36.7 Å². The normalized spacial score (nSPS) is 9.65. The van der Waals surface area contributed by atoms with Crippen LogP contribution in [0.4, 0.5) is 5.69 Å². The maximum Gasteiger partial charge on any atom is 0.354 e. The third-order valence-electron chi connectivity index (χ3n) is 1.84. The Morgan fingerprint density at radius 1 is 1.47 bits per heavy atom. The van der Waals surface area contributed by atoms with Gasteiger partial charge < -0.3 is 15.7 Å². The smallest absolute Gasteiger partial charge is 0.354 e. The molecule has 0 fully saturated rings. The number of pyridine rings is 1. The van der Waals surface area contributed by atoms with Crippen molar-refractivity contribution in [2.75, 3.05) is 18.4 Å². The molecule has 17 heavy (non-hydrogen) atoms. The molecule has 0 spiro atoms. The minimum atomic E-state index is -1.10. The Hall–Kier alpha value is -2.21. The van der Waals surface area contributed by atoms with Crippen molar-refractivity contribution >= 4 is 17.6 Å². The van der Waals surface area contributed by atoms with Gasteiger partial charge in [-0.25, -0.2) is 9.78 Å². The third-order valence-corrected chi connectivity index (χ3v) is 1.84. The van der Waals surface area contributed by atoms with Crippen molar-refractivity contribution in [2.45, 2.75) is 0 Å². The number of carboxylic acids is 1. The van der Waals surface area contributed by atoms with Crippen LogP contribution in [0.2, 0.25) is 0 Å². The fourth-order valence-electron chi connectivity index (χ4n) is 1.09. The zero-order valence-electron chi connectivity index (χ0n) is 9.14. The molecule has 6 nitrogen and oxygen atoms in total. The van der Waals surface area contributed by atoms with Crippen LogP contribution in [-0.4, -0.2) is 35.1 Å². The number of anilines is 1. The summed E-state index contributed by atoms with van der Waals surface area (Å²) >= 11 is 0. The van der Waals surface area contributed by atoms with Crippen LogP contribution in [0.25, 0.3) is 0 Å². The lowest BCUT2D eigenvalue weighted by molar-refractivity contribution is -0.115. The van der Waals surface area contributed by atoms with Crippen LogP contribution in [-0.2, 0) is 4.79 Å². The summed E-state index contributed by atoms with van der Waals surface area (Å²) in [5.74, 6) is -1.33. The van der Waals surface area contributed by atoms with Gasteiger partial charge in [0, 0.05) is 6.54 Å². The third kappa shape index (κ3) is 4.43. The van der Waals surface area contributed by atoms with Crippen LogP contribution >= 0.6 is 0 Å². The SMILES string of the molecule is C=CCNCC(=O)Nc1ccc(C(=O)O)nc1. The topological polar surface area (TPSA) is 91.3 Å². The van der Waals surface area contributed by atoms with Crippen molar-refractivity contribution < 1.29 is 14.7 Å². The fraction of sp³-hybridized carbons (Fsp3) is 0.182. The molecule has 0 aliphatic heterocycles. The number of nitrogens with zero attached hydrogens (tertiary/aromatic N) is 1. The minimum Gasteiger partial charge on any atom is -0.477 e. The molecule has 0 aliphatic carbocycles. The number of aromatic carboxylic acids is 1. The zero-order valence-corrected chi connectivity index (χ0v) is 9.14. The van der Waals surface area contributed by atoms with Crippen LogP contribution in [0.15, 0.2) is 31.0 Å². The van der Waals surface area contributed by atoms with E-state index in [1.54, 1.807) is 6.08 Å². The summed E-state index contributed by atoms with van der Waals surface area (Å²) in [4.78, 5) is 25.6. The van der Waals surface area contributed by atoms with Crippen molar-refractivity contribution in [3.63, 3.8) is 0 Å². The van der Waals surface area contributed by atoms with Gasteiger partial charge in [-0.15, -0.1) is 6.58 Å². The Morgan fingerprint density at radius 2 is 2.24 bits per heavy atom. The van der Waals surface area contributed by atoms with E-state index in [2.05, 4.69) is 22.2 Å². The monoisotopic (exact) mass is 235 g/mol. The molecule has 0 atom stereocenters. The highest BCUT2D eigenvalue weighted by Gasteiger charge is 2.05. The number of nitrogens with one attached hydrogen (secondary N) is 2. The first kappa shape index (κ1) is 12.9. The Bertz CT molecular complexity index is 414. The molecule has 0 aliphatic rings. The van der Waals surface area contributed by atoms with Crippen LogP contribution in [0.1, 0.15) is 10.5 Å². The molecular formula is C11H13N3O3. The second-order valence-corrected chi connectivity index (χ2v) is 3.21. The summed E-state index contributed by atoms with van der Waals surface area (Å²) in [5, 5.41) is 14.0. The fourth-order valence-corrected chi connectivity index (χ4v) is 1.09. The van der Waals surface area contributed by atoms with Gasteiger partial charge in [0.15, 0.2) is 0 Å². The Kier molecular flexibility index (Phi) is 4.83. The second-order valence-electron chi connectivity index (χ2n) is 3.21. The lowest BCUT2D eigenvalue weighted by atomic mass is 10.3. The number of rotatable bonds is 6. The highest BCUT2D eigenvalue weighted by molar-refractivity contribution is 5.92. The Balaban J connectivity index is 2.48. The van der Waals surface area contributed by atoms with Gasteiger partial charge in [0.2, 0.25) is 5.91 Å². The Labute approximate surface area is 98.4 Å². The summed E-state index contributed by atoms with van der Waals surface area (Å²) in [6.07, 6.45) is 2.95. The van der Waals surface area contributed by atoms with E-state index in [-0.39, 0.29) is 18.1 Å². The molecule has 1 aromatic rings. The van der Waals surface area contributed by atoms with Gasteiger partial charge in [-0.3, -0.25) is 4.79 Å². The molecule has 0 saturated carbocycles. The molecule has 90 valence electrons. The molecule has 0 saturated heterocycles. The van der Waals surface area contributed by atoms with Crippen LogP contribution in [0, 0.1) is 0 Å². The maximum absolute atomic E-state index is 11.4. The quantitative estimate of drug-likeness (QED) is 0.493. The molecule has 1 amide bonds. The number of amides is 1. The molecule has 0 unspecified atom stereocenters. The van der Waals surface area contributed by atoms with Gasteiger partial charge in [0.1, 0.15) is 5.69 Å². The van der Waals surface area contributed by atoms with Crippen LogP contribution in [0.3, 0.4) is 0 Å². The van der Waals surface area contributed by atoms with Gasteiger partial charge in [0.05, 0.1) is 18.4 Å². The summed E-state index contributed by atoms with van der Waals surface area (Å²) < 4.78 is 0. The number of carbonyl (C=O) groups excluding carboxylic acids is 1. The van der Waals surface area contributed by atoms with Gasteiger partial charge in [0.25, 0.3) is 0 Å². The summed E-state index contributed by atoms with van der Waals surface area (Å²) in [6, 6.07) is 2.82. The summed E-state index contributed by atoms with van der Waals surface area (Å²) in [6.45, 7) is 4.21. The maximum atomic E-state index is 11.4. The number of hydrogen-bond donors (Lipinski definition) is 3. The standard InChI is InChI=1S/C11H13N3O3/c1-2-5-12-7-10(15)14-8-3-4-9(11(16)17)13-6-8/h2-4,6,12H,1,5,7H2,(H,14,15)(H,16,17). The van der Waals surface area contributed by atoms with E-state index in [1.165, 1.54) is 18.3 Å². The molecule has 0 aromatic carbocycles. The molecule has 3 N–H and O–H groups in total. The molecule has 1 aromatic heterocycles. The average Bonchev–Trinajstić information content (AvgIpc) is 2.30. The summed E-state index contributed by atoms with van der Waals surface area (Å²) in [5.41, 5.74) is 0.396. The number of carbonyl (C=O) groups is 2. The first-order valence-electron chi connectivity index (χ1n) is 4.94. The van der Waals surface area contributed by atoms with E-state index < -0.39 is 5.97 Å². The van der Waals surface area contributed by atoms with Gasteiger partial charge in [-0.05, 0) is 12.1 Å².